The number of carbonyl (C=O) groups is 1. The van der Waals surface area contributed by atoms with E-state index in [1.807, 2.05) is 18.2 Å². The van der Waals surface area contributed by atoms with E-state index in [2.05, 4.69) is 6.07 Å². The van der Waals surface area contributed by atoms with Crippen LogP contribution in [0, 0.1) is 0 Å². The molecule has 84 valence electrons. The van der Waals surface area contributed by atoms with Crippen molar-refractivity contribution in [3.05, 3.63) is 29.8 Å². The third-order valence-electron chi connectivity index (χ3n) is 3.35. The molecule has 2 fully saturated rings. The van der Waals surface area contributed by atoms with Crippen LogP contribution in [0.1, 0.15) is 30.7 Å². The first kappa shape index (κ1) is 9.85. The summed E-state index contributed by atoms with van der Waals surface area (Å²) in [5.41, 5.74) is 2.27. The molecule has 1 N–H and O–H groups in total. The van der Waals surface area contributed by atoms with Gasteiger partial charge in [-0.1, -0.05) is 18.2 Å². The van der Waals surface area contributed by atoms with Gasteiger partial charge in [0, 0.05) is 5.69 Å². The number of carbonyl (C=O) groups excluding carboxylic acids is 1. The number of rotatable bonds is 2. The number of amides is 1. The van der Waals surface area contributed by atoms with Gasteiger partial charge in [-0.05, 0) is 30.4 Å². The van der Waals surface area contributed by atoms with E-state index in [-0.39, 0.29) is 12.3 Å². The number of benzene rings is 1. The fourth-order valence-electron chi connectivity index (χ4n) is 2.39. The fourth-order valence-corrected chi connectivity index (χ4v) is 2.39. The third-order valence-corrected chi connectivity index (χ3v) is 3.35. The molecule has 0 spiro atoms. The van der Waals surface area contributed by atoms with Gasteiger partial charge in [0.15, 0.2) is 0 Å². The molecule has 0 aromatic heterocycles. The van der Waals surface area contributed by atoms with E-state index >= 15 is 0 Å². The Morgan fingerprint density at radius 2 is 2.00 bits per heavy atom. The number of aliphatic hydroxyl groups is 1. The predicted molar refractivity (Wildman–Crippen MR) is 61.4 cm³/mol. The smallest absolute Gasteiger partial charge is 0.229 e. The maximum Gasteiger partial charge on any atom is 0.229 e. The number of para-hydroxylation sites is 1. The minimum atomic E-state index is -0.500. The van der Waals surface area contributed by atoms with E-state index in [1.165, 1.54) is 18.4 Å². The second-order valence-corrected chi connectivity index (χ2v) is 4.70. The zero-order valence-electron chi connectivity index (χ0n) is 9.10. The van der Waals surface area contributed by atoms with Crippen molar-refractivity contribution in [1.82, 2.24) is 0 Å². The lowest BCUT2D eigenvalue weighted by Crippen LogP contribution is -2.26. The van der Waals surface area contributed by atoms with E-state index in [1.54, 1.807) is 4.90 Å². The largest absolute Gasteiger partial charge is 0.391 e. The summed E-state index contributed by atoms with van der Waals surface area (Å²) in [4.78, 5) is 13.5. The van der Waals surface area contributed by atoms with Crippen molar-refractivity contribution < 1.29 is 9.90 Å². The Bertz CT molecular complexity index is 426. The highest BCUT2D eigenvalue weighted by atomic mass is 16.3. The number of β-amino-alcohol motifs (C(OH)–C–C–N with tert-alkyl or cyclic N) is 1. The molecule has 1 saturated carbocycles. The van der Waals surface area contributed by atoms with Gasteiger partial charge in [-0.2, -0.15) is 0 Å². The van der Waals surface area contributed by atoms with Crippen molar-refractivity contribution in [1.29, 1.82) is 0 Å². The Hall–Kier alpha value is -1.35. The van der Waals surface area contributed by atoms with Crippen molar-refractivity contribution in [3.63, 3.8) is 0 Å². The molecular formula is C13H15NO2. The van der Waals surface area contributed by atoms with Crippen molar-refractivity contribution in [2.75, 3.05) is 11.4 Å². The Labute approximate surface area is 94.7 Å². The lowest BCUT2D eigenvalue weighted by molar-refractivity contribution is -0.117. The molecular weight excluding hydrogens is 202 g/mol. The highest BCUT2D eigenvalue weighted by Crippen LogP contribution is 2.44. The van der Waals surface area contributed by atoms with Crippen LogP contribution in [0.3, 0.4) is 0 Å². The molecule has 1 aromatic rings. The Morgan fingerprint density at radius 1 is 1.25 bits per heavy atom. The molecule has 0 radical (unpaired) electrons. The minimum Gasteiger partial charge on any atom is -0.391 e. The Balaban J connectivity index is 1.96. The summed E-state index contributed by atoms with van der Waals surface area (Å²) in [5.74, 6) is 0.669. The van der Waals surface area contributed by atoms with Crippen LogP contribution in [-0.4, -0.2) is 23.7 Å². The molecule has 1 atom stereocenters. The van der Waals surface area contributed by atoms with Gasteiger partial charge in [0.1, 0.15) is 0 Å². The van der Waals surface area contributed by atoms with Crippen LogP contribution < -0.4 is 4.90 Å². The maximum absolute atomic E-state index is 11.7. The zero-order chi connectivity index (χ0) is 11.1. The summed E-state index contributed by atoms with van der Waals surface area (Å²) in [6, 6.07) is 8.07. The predicted octanol–water partition coefficient (Wildman–Crippen LogP) is 1.66. The fraction of sp³-hybridized carbons (Fsp3) is 0.462. The number of aliphatic hydroxyl groups excluding tert-OH is 1. The second kappa shape index (κ2) is 3.59. The molecule has 1 unspecified atom stereocenters. The van der Waals surface area contributed by atoms with Crippen LogP contribution in [0.2, 0.25) is 0 Å². The van der Waals surface area contributed by atoms with Gasteiger partial charge in [0.2, 0.25) is 5.91 Å². The van der Waals surface area contributed by atoms with Crippen molar-refractivity contribution in [2.24, 2.45) is 0 Å². The molecule has 3 nitrogen and oxygen atoms in total. The monoisotopic (exact) mass is 217 g/mol. The molecule has 2 aliphatic rings. The van der Waals surface area contributed by atoms with Gasteiger partial charge >= 0.3 is 0 Å². The summed E-state index contributed by atoms with van der Waals surface area (Å²) in [5, 5.41) is 9.51. The number of nitrogens with zero attached hydrogens (tertiary/aromatic N) is 1. The van der Waals surface area contributed by atoms with Crippen LogP contribution in [0.25, 0.3) is 0 Å². The molecule has 1 aliphatic heterocycles. The quantitative estimate of drug-likeness (QED) is 0.818. The Morgan fingerprint density at radius 3 is 2.62 bits per heavy atom. The van der Waals surface area contributed by atoms with Crippen LogP contribution in [-0.2, 0) is 4.79 Å². The van der Waals surface area contributed by atoms with Crippen molar-refractivity contribution >= 4 is 11.6 Å². The molecule has 1 aromatic carbocycles. The molecule has 1 saturated heterocycles. The van der Waals surface area contributed by atoms with Crippen molar-refractivity contribution in [2.45, 2.75) is 31.3 Å². The highest BCUT2D eigenvalue weighted by molar-refractivity contribution is 5.96. The lowest BCUT2D eigenvalue weighted by atomic mass is 10.1. The second-order valence-electron chi connectivity index (χ2n) is 4.70. The molecule has 3 rings (SSSR count). The summed E-state index contributed by atoms with van der Waals surface area (Å²) in [6.07, 6.45) is 2.21. The first-order valence-electron chi connectivity index (χ1n) is 5.83. The molecule has 3 heteroatoms. The molecule has 1 heterocycles. The normalized spacial score (nSPS) is 25.2. The van der Waals surface area contributed by atoms with Gasteiger partial charge in [0.25, 0.3) is 0 Å². The number of hydrogen-bond donors (Lipinski definition) is 1. The van der Waals surface area contributed by atoms with E-state index in [0.29, 0.717) is 12.5 Å². The first-order chi connectivity index (χ1) is 7.75. The standard InChI is InChI=1S/C13H15NO2/c15-10-7-13(16)14(8-10)12-4-2-1-3-11(12)9-5-6-9/h1-4,9-10,15H,5-8H2. The SMILES string of the molecule is O=C1CC(O)CN1c1ccccc1C1CC1. The van der Waals surface area contributed by atoms with Gasteiger partial charge in [-0.15, -0.1) is 0 Å². The summed E-state index contributed by atoms with van der Waals surface area (Å²) in [6.45, 7) is 0.447. The first-order valence-corrected chi connectivity index (χ1v) is 5.83. The minimum absolute atomic E-state index is 0.0422. The summed E-state index contributed by atoms with van der Waals surface area (Å²) < 4.78 is 0. The molecule has 0 bridgehead atoms. The van der Waals surface area contributed by atoms with Crippen LogP contribution >= 0.6 is 0 Å². The van der Waals surface area contributed by atoms with Crippen LogP contribution in [0.4, 0.5) is 5.69 Å². The van der Waals surface area contributed by atoms with Crippen LogP contribution in [0.15, 0.2) is 24.3 Å². The number of hydrogen-bond acceptors (Lipinski definition) is 2. The molecule has 1 amide bonds. The average Bonchev–Trinajstić information content (AvgIpc) is 3.05. The third kappa shape index (κ3) is 1.61. The Kier molecular flexibility index (Phi) is 2.21. The highest BCUT2D eigenvalue weighted by Gasteiger charge is 2.33. The average molecular weight is 217 g/mol. The maximum atomic E-state index is 11.7. The van der Waals surface area contributed by atoms with E-state index < -0.39 is 6.10 Å². The summed E-state index contributed by atoms with van der Waals surface area (Å²) >= 11 is 0. The topological polar surface area (TPSA) is 40.5 Å². The van der Waals surface area contributed by atoms with Gasteiger partial charge in [-0.3, -0.25) is 4.79 Å². The molecule has 16 heavy (non-hydrogen) atoms. The molecule has 1 aliphatic carbocycles. The van der Waals surface area contributed by atoms with Crippen LogP contribution in [0.5, 0.6) is 0 Å². The van der Waals surface area contributed by atoms with E-state index in [4.69, 9.17) is 0 Å². The zero-order valence-corrected chi connectivity index (χ0v) is 9.10. The van der Waals surface area contributed by atoms with Crippen molar-refractivity contribution in [3.8, 4) is 0 Å². The lowest BCUT2D eigenvalue weighted by Gasteiger charge is -2.19. The van der Waals surface area contributed by atoms with Gasteiger partial charge in [0.05, 0.1) is 19.1 Å². The van der Waals surface area contributed by atoms with E-state index in [9.17, 15) is 9.90 Å². The number of anilines is 1. The van der Waals surface area contributed by atoms with E-state index in [0.717, 1.165) is 5.69 Å². The van der Waals surface area contributed by atoms with Gasteiger partial charge in [-0.25, -0.2) is 0 Å². The summed E-state index contributed by atoms with van der Waals surface area (Å²) in [7, 11) is 0. The van der Waals surface area contributed by atoms with Gasteiger partial charge < -0.3 is 10.0 Å².